The topological polar surface area (TPSA) is 285 Å². The summed E-state index contributed by atoms with van der Waals surface area (Å²) in [4.78, 5) is 124. The highest BCUT2D eigenvalue weighted by molar-refractivity contribution is 5.97. The van der Waals surface area contributed by atoms with Gasteiger partial charge in [0.15, 0.2) is 11.5 Å². The molecule has 22 nitrogen and oxygen atoms in total. The first-order valence-corrected chi connectivity index (χ1v) is 57.8. The molecule has 2 heterocycles. The Kier molecular flexibility index (Phi) is 62.5. The maximum absolute atomic E-state index is 15.9. The van der Waals surface area contributed by atoms with Gasteiger partial charge in [0.05, 0.1) is 31.8 Å². The van der Waals surface area contributed by atoms with E-state index in [1.807, 2.05) is 165 Å². The standard InChI is InChI=1S/C123H193N9O13/c1-11-15-18-21-24-27-30-33-36-39-42-45-48-51-54-71-86-141-110-91-100(92-111(142-87-72-55-52-49-46-43-40-37-34-31-28-25-22-19-16-12-2)114(110)143-88-73-56-53-50-47-44-41-38-35-32-29-26-23-20-17-13-3)95-144-121(140)130-108(90-99-74-61-57-62-75-99)118(137)128-107(89-97(5)6)117(136)129-109(93-104-94-132(96-125-104)123(101-76-63-58-64-77-101,102-78-65-59-66-79-102)103-80-67-60-68-81-103)119(138)126-106(83-84-112(133)145-122(8,9)10)116(135)131-113(98(7)14-4)120(139)127-105-82-69-70-85-124-115(105)134/h57-68,74-81,91-92,94,96-98,105-109,113H,11-56,69-73,82-90,93,95H2,1-10H3,(H,124,134)(H,126,138)(H,127,139)(H,128,137)(H,129,136)(H,130,140)(H,131,135)/t98-,105-,106+,107-,108+,109-,113+/m0/s1. The number of nitrogens with one attached hydrogen (secondary N) is 7. The van der Waals surface area contributed by atoms with E-state index in [9.17, 15) is 19.2 Å². The van der Waals surface area contributed by atoms with Gasteiger partial charge in [-0.15, -0.1) is 0 Å². The number of hydrogen-bond acceptors (Lipinski definition) is 14. The number of hydrogen-bond donors (Lipinski definition) is 7. The Hall–Kier alpha value is -9.73. The molecule has 7 atom stereocenters. The number of imidazole rings is 1. The van der Waals surface area contributed by atoms with E-state index >= 15 is 19.2 Å². The minimum absolute atomic E-state index is 0.00967. The molecule has 1 aliphatic heterocycles. The molecular formula is C123H193N9O13. The predicted molar refractivity (Wildman–Crippen MR) is 590 cm³/mol. The van der Waals surface area contributed by atoms with E-state index < -0.39 is 94.9 Å². The smallest absolute Gasteiger partial charge is 0.408 e. The second kappa shape index (κ2) is 74.2. The maximum Gasteiger partial charge on any atom is 0.408 e. The number of carbonyl (C=O) groups is 8. The molecule has 7 amide bonds. The molecule has 0 aliphatic carbocycles. The largest absolute Gasteiger partial charge is 0.490 e. The van der Waals surface area contributed by atoms with E-state index in [1.165, 1.54) is 250 Å². The van der Waals surface area contributed by atoms with Crippen LogP contribution in [0.3, 0.4) is 0 Å². The van der Waals surface area contributed by atoms with Gasteiger partial charge in [-0.2, -0.15) is 0 Å². The number of esters is 1. The molecule has 0 saturated carbocycles. The fourth-order valence-corrected chi connectivity index (χ4v) is 19.7. The second-order valence-electron chi connectivity index (χ2n) is 42.8. The van der Waals surface area contributed by atoms with Crippen LogP contribution in [0, 0.1) is 11.8 Å². The summed E-state index contributed by atoms with van der Waals surface area (Å²) in [6.45, 7) is 21.1. The molecule has 808 valence electrons. The molecule has 7 rings (SSSR count). The van der Waals surface area contributed by atoms with E-state index in [2.05, 4.69) is 58.0 Å². The van der Waals surface area contributed by atoms with Gasteiger partial charge in [0.1, 0.15) is 54.0 Å². The first-order chi connectivity index (χ1) is 70.6. The lowest BCUT2D eigenvalue weighted by Crippen LogP contribution is -2.61. The number of unbranched alkanes of at least 4 members (excludes halogenated alkanes) is 45. The van der Waals surface area contributed by atoms with E-state index in [0.29, 0.717) is 79.7 Å². The number of ether oxygens (including phenoxy) is 5. The van der Waals surface area contributed by atoms with E-state index in [0.717, 1.165) is 80.9 Å². The van der Waals surface area contributed by atoms with Gasteiger partial charge in [0.2, 0.25) is 41.2 Å². The van der Waals surface area contributed by atoms with Crippen LogP contribution >= 0.6 is 0 Å². The van der Waals surface area contributed by atoms with Crippen LogP contribution in [0.1, 0.15) is 456 Å². The maximum atomic E-state index is 15.9. The number of carbonyl (C=O) groups excluding carboxylic acids is 8. The molecule has 0 radical (unpaired) electrons. The molecule has 0 spiro atoms. The lowest BCUT2D eigenvalue weighted by atomic mass is 9.77. The van der Waals surface area contributed by atoms with Crippen LogP contribution in [0.25, 0.3) is 0 Å². The Morgan fingerprint density at radius 3 is 1.20 bits per heavy atom. The lowest BCUT2D eigenvalue weighted by Gasteiger charge is -2.37. The Morgan fingerprint density at radius 1 is 0.421 bits per heavy atom. The Bertz CT molecular complexity index is 4310. The van der Waals surface area contributed by atoms with Crippen molar-refractivity contribution in [2.45, 2.75) is 489 Å². The SMILES string of the molecule is CCCCCCCCCCCCCCCCCCOc1cc(COC(=O)N[C@H](Cc2ccccc2)C(=O)N[C@@H](CC(C)C)C(=O)N[C@@H](Cc2cn(C(c3ccccc3)(c3ccccc3)c3ccccc3)cn2)C(=O)N[C@H](CCC(=O)OC(C)(C)C)C(=O)N[C@@H](C(=O)N[C@H]2CCCCNC2=O)[C@@H](C)CC)cc(OCCCCCCCCCCCCCCCCCC)c1OCCCCCCCCCCCCCCCCCC. The third-order valence-electron chi connectivity index (χ3n) is 28.4. The van der Waals surface area contributed by atoms with Crippen LogP contribution in [0.2, 0.25) is 0 Å². The fourth-order valence-electron chi connectivity index (χ4n) is 19.7. The number of nitrogens with zero attached hydrogens (tertiary/aromatic N) is 2. The van der Waals surface area contributed by atoms with Crippen LogP contribution in [0.4, 0.5) is 4.79 Å². The Morgan fingerprint density at radius 2 is 0.793 bits per heavy atom. The van der Waals surface area contributed by atoms with Gasteiger partial charge in [-0.25, -0.2) is 9.78 Å². The van der Waals surface area contributed by atoms with Crippen molar-refractivity contribution >= 4 is 47.5 Å². The summed E-state index contributed by atoms with van der Waals surface area (Å²) in [6.07, 6.45) is 64.7. The van der Waals surface area contributed by atoms with E-state index in [1.54, 1.807) is 34.0 Å². The number of amides is 7. The van der Waals surface area contributed by atoms with Crippen molar-refractivity contribution < 1.29 is 62.0 Å². The number of alkyl carbamates (subject to hydrolysis) is 1. The number of aromatic nitrogens is 2. The third kappa shape index (κ3) is 49.8. The van der Waals surface area contributed by atoms with Crippen molar-refractivity contribution in [2.24, 2.45) is 11.8 Å². The molecule has 145 heavy (non-hydrogen) atoms. The van der Waals surface area contributed by atoms with Crippen LogP contribution in [-0.4, -0.2) is 125 Å². The monoisotopic (exact) mass is 2000 g/mol. The summed E-state index contributed by atoms with van der Waals surface area (Å²) in [7, 11) is 0. The Labute approximate surface area is 875 Å². The zero-order valence-corrected chi connectivity index (χ0v) is 91.5. The van der Waals surface area contributed by atoms with Gasteiger partial charge >= 0.3 is 12.1 Å². The van der Waals surface area contributed by atoms with Crippen molar-refractivity contribution in [1.29, 1.82) is 0 Å². The summed E-state index contributed by atoms with van der Waals surface area (Å²) in [6, 6.07) is 35.3. The first-order valence-electron chi connectivity index (χ1n) is 57.8. The molecule has 1 fully saturated rings. The van der Waals surface area contributed by atoms with Crippen LogP contribution < -0.4 is 51.4 Å². The molecule has 1 aromatic heterocycles. The molecule has 5 aromatic carbocycles. The highest BCUT2D eigenvalue weighted by Crippen LogP contribution is 2.43. The van der Waals surface area contributed by atoms with Gasteiger partial charge in [0.25, 0.3) is 0 Å². The van der Waals surface area contributed by atoms with Crippen molar-refractivity contribution in [3.8, 4) is 17.2 Å². The average Bonchev–Trinajstić information content (AvgIpc) is 1.72. The number of rotatable bonds is 82. The van der Waals surface area contributed by atoms with Gasteiger partial charge in [-0.1, -0.05) is 465 Å². The normalized spacial score (nSPS) is 14.1. The minimum atomic E-state index is -1.55. The third-order valence-corrected chi connectivity index (χ3v) is 28.4. The van der Waals surface area contributed by atoms with Crippen molar-refractivity contribution in [2.75, 3.05) is 26.4 Å². The lowest BCUT2D eigenvalue weighted by molar-refractivity contribution is -0.155. The van der Waals surface area contributed by atoms with Crippen molar-refractivity contribution in [3.05, 3.63) is 179 Å². The first kappa shape index (κ1) is 122. The molecular weight excluding hydrogens is 1810 g/mol. The quantitative estimate of drug-likeness (QED) is 0.0106. The summed E-state index contributed by atoms with van der Waals surface area (Å²) < 4.78 is 34.4. The highest BCUT2D eigenvalue weighted by Gasteiger charge is 2.41. The average molecular weight is 2010 g/mol. The molecule has 0 bridgehead atoms. The molecule has 0 unspecified atom stereocenters. The molecule has 1 aliphatic rings. The van der Waals surface area contributed by atoms with Gasteiger partial charge < -0.3 is 65.5 Å². The van der Waals surface area contributed by atoms with Crippen LogP contribution in [0.15, 0.2) is 146 Å². The van der Waals surface area contributed by atoms with Crippen molar-refractivity contribution in [1.82, 2.24) is 46.8 Å². The summed E-state index contributed by atoms with van der Waals surface area (Å²) in [5.74, 6) is -3.81. The molecule has 6 aromatic rings. The Balaban J connectivity index is 1.16. The van der Waals surface area contributed by atoms with E-state index in [-0.39, 0.29) is 50.5 Å². The van der Waals surface area contributed by atoms with Gasteiger partial charge in [0, 0.05) is 32.0 Å². The zero-order chi connectivity index (χ0) is 104. The van der Waals surface area contributed by atoms with Gasteiger partial charge in [-0.05, 0) is 124 Å². The van der Waals surface area contributed by atoms with Crippen LogP contribution in [-0.2, 0) is 68.0 Å². The molecule has 7 N–H and O–H groups in total. The summed E-state index contributed by atoms with van der Waals surface area (Å²) >= 11 is 0. The van der Waals surface area contributed by atoms with Crippen molar-refractivity contribution in [3.63, 3.8) is 0 Å². The zero-order valence-electron chi connectivity index (χ0n) is 91.5. The minimum Gasteiger partial charge on any atom is -0.490 e. The predicted octanol–water partition coefficient (Wildman–Crippen LogP) is 27.7. The fraction of sp³-hybridized carbons (Fsp3) is 0.667. The number of benzene rings is 5. The van der Waals surface area contributed by atoms with Gasteiger partial charge in [-0.3, -0.25) is 33.6 Å². The second-order valence-corrected chi connectivity index (χ2v) is 42.8. The summed E-state index contributed by atoms with van der Waals surface area (Å²) in [5.41, 5.74) is 2.41. The summed E-state index contributed by atoms with van der Waals surface area (Å²) in [5, 5.41) is 20.5. The highest BCUT2D eigenvalue weighted by atomic mass is 16.6. The van der Waals surface area contributed by atoms with E-state index in [4.69, 9.17) is 28.7 Å². The van der Waals surface area contributed by atoms with Crippen LogP contribution in [0.5, 0.6) is 17.2 Å². The molecule has 22 heteroatoms. The molecule has 1 saturated heterocycles.